The first-order valence-corrected chi connectivity index (χ1v) is 2.13. The van der Waals surface area contributed by atoms with Crippen LogP contribution in [-0.2, 0) is 0 Å². The quantitative estimate of drug-likeness (QED) is 0.307. The lowest BCUT2D eigenvalue weighted by Crippen LogP contribution is -2.23. The molecule has 4 nitrogen and oxygen atoms in total. The van der Waals surface area contributed by atoms with E-state index in [4.69, 9.17) is 5.84 Å². The summed E-state index contributed by atoms with van der Waals surface area (Å²) in [6.07, 6.45) is 0. The molecule has 0 unspecified atom stereocenters. The fourth-order valence-corrected chi connectivity index (χ4v) is 0.178. The van der Waals surface area contributed by atoms with Gasteiger partial charge in [-0.2, -0.15) is 5.11 Å². The Balaban J connectivity index is 3.16. The zero-order chi connectivity index (χ0) is 5.70. The molecule has 0 aliphatic carbocycles. The van der Waals surface area contributed by atoms with Crippen molar-refractivity contribution in [2.24, 2.45) is 16.2 Å². The summed E-state index contributed by atoms with van der Waals surface area (Å²) < 4.78 is 0. The second kappa shape index (κ2) is 3.55. The maximum atomic E-state index is 5.16. The Morgan fingerprint density at radius 2 is 2.29 bits per heavy atom. The predicted octanol–water partition coefficient (Wildman–Crippen LogP) is 0.179. The Morgan fingerprint density at radius 3 is 2.43 bits per heavy atom. The number of rotatable bonds is 2. The van der Waals surface area contributed by atoms with Crippen LogP contribution in [0.4, 0.5) is 0 Å². The minimum absolute atomic E-state index is 0.692. The lowest BCUT2D eigenvalue weighted by atomic mass is 10.8. The monoisotopic (exact) mass is 102 g/mol. The van der Waals surface area contributed by atoms with Crippen LogP contribution in [0.5, 0.6) is 0 Å². The molecule has 0 bridgehead atoms. The fraction of sp³-hybridized carbons (Fsp3) is 1.00. The molecule has 0 rings (SSSR count). The van der Waals surface area contributed by atoms with Crippen LogP contribution in [0.15, 0.2) is 10.3 Å². The van der Waals surface area contributed by atoms with Crippen molar-refractivity contribution in [3.63, 3.8) is 0 Å². The van der Waals surface area contributed by atoms with E-state index in [2.05, 4.69) is 10.3 Å². The van der Waals surface area contributed by atoms with Gasteiger partial charge in [0.2, 0.25) is 0 Å². The minimum atomic E-state index is 0.692. The van der Waals surface area contributed by atoms with Gasteiger partial charge < -0.3 is 0 Å². The van der Waals surface area contributed by atoms with Crippen LogP contribution in [0.3, 0.4) is 0 Å². The number of nitrogens with two attached hydrogens (primary N) is 1. The van der Waals surface area contributed by atoms with Gasteiger partial charge in [-0.1, -0.05) is 5.22 Å². The van der Waals surface area contributed by atoms with Crippen molar-refractivity contribution in [2.75, 3.05) is 13.6 Å². The van der Waals surface area contributed by atoms with Crippen LogP contribution in [0.25, 0.3) is 0 Å². The first-order chi connectivity index (χ1) is 3.31. The van der Waals surface area contributed by atoms with Gasteiger partial charge in [0.25, 0.3) is 0 Å². The SMILES string of the molecule is CCN(N)N=NC. The van der Waals surface area contributed by atoms with Crippen LogP contribution in [0.1, 0.15) is 6.92 Å². The van der Waals surface area contributed by atoms with E-state index in [-0.39, 0.29) is 0 Å². The molecule has 2 N–H and O–H groups in total. The molecule has 7 heavy (non-hydrogen) atoms. The highest BCUT2D eigenvalue weighted by Crippen LogP contribution is 1.74. The normalized spacial score (nSPS) is 10.1. The number of hydrogen-bond donors (Lipinski definition) is 1. The van der Waals surface area contributed by atoms with E-state index < -0.39 is 0 Å². The molecule has 0 aromatic heterocycles. The maximum Gasteiger partial charge on any atom is 0.0519 e. The predicted molar refractivity (Wildman–Crippen MR) is 27.3 cm³/mol. The molecule has 0 fully saturated rings. The molecule has 0 saturated carbocycles. The standard InChI is InChI=1S/C3H10N4/c1-3-7(4)6-5-2/h3-4H2,1-2H3. The molecule has 0 amide bonds. The number of hydrazine groups is 1. The fourth-order valence-electron chi connectivity index (χ4n) is 0.178. The second-order valence-corrected chi connectivity index (χ2v) is 1.05. The molecule has 0 radical (unpaired) electrons. The largest absolute Gasteiger partial charge is 0.230 e. The van der Waals surface area contributed by atoms with Crippen molar-refractivity contribution < 1.29 is 0 Å². The minimum Gasteiger partial charge on any atom is -0.230 e. The average molecular weight is 102 g/mol. The zero-order valence-electron chi connectivity index (χ0n) is 4.63. The van der Waals surface area contributed by atoms with Gasteiger partial charge in [-0.25, -0.2) is 11.0 Å². The average Bonchev–Trinajstić information content (AvgIpc) is 1.68. The smallest absolute Gasteiger partial charge is 0.0519 e. The van der Waals surface area contributed by atoms with Gasteiger partial charge in [-0.15, -0.1) is 0 Å². The second-order valence-electron chi connectivity index (χ2n) is 1.05. The summed E-state index contributed by atoms with van der Waals surface area (Å²) in [6, 6.07) is 0. The van der Waals surface area contributed by atoms with Gasteiger partial charge >= 0.3 is 0 Å². The van der Waals surface area contributed by atoms with Crippen molar-refractivity contribution in [2.45, 2.75) is 6.92 Å². The van der Waals surface area contributed by atoms with Crippen LogP contribution < -0.4 is 5.84 Å². The molecule has 42 valence electrons. The highest BCUT2D eigenvalue weighted by atomic mass is 15.7. The summed E-state index contributed by atoms with van der Waals surface area (Å²) in [4.78, 5) is 0. The molecule has 0 aliphatic rings. The maximum absolute atomic E-state index is 5.16. The van der Waals surface area contributed by atoms with E-state index in [1.54, 1.807) is 7.05 Å². The van der Waals surface area contributed by atoms with E-state index in [9.17, 15) is 0 Å². The van der Waals surface area contributed by atoms with Crippen molar-refractivity contribution in [3.8, 4) is 0 Å². The summed E-state index contributed by atoms with van der Waals surface area (Å²) in [5.74, 6) is 5.16. The van der Waals surface area contributed by atoms with Crippen molar-refractivity contribution in [1.82, 2.24) is 5.12 Å². The van der Waals surface area contributed by atoms with Gasteiger partial charge in [0, 0.05) is 0 Å². The first kappa shape index (κ1) is 6.36. The van der Waals surface area contributed by atoms with Crippen LogP contribution in [0.2, 0.25) is 0 Å². The molecule has 0 saturated heterocycles. The van der Waals surface area contributed by atoms with Gasteiger partial charge in [-0.05, 0) is 6.92 Å². The van der Waals surface area contributed by atoms with Crippen molar-refractivity contribution in [3.05, 3.63) is 0 Å². The summed E-state index contributed by atoms with van der Waals surface area (Å²) in [5, 5.41) is 8.18. The summed E-state index contributed by atoms with van der Waals surface area (Å²) in [7, 11) is 1.58. The summed E-state index contributed by atoms with van der Waals surface area (Å²) in [6.45, 7) is 2.59. The molecule has 0 atom stereocenters. The van der Waals surface area contributed by atoms with E-state index >= 15 is 0 Å². The van der Waals surface area contributed by atoms with Crippen LogP contribution >= 0.6 is 0 Å². The Morgan fingerprint density at radius 1 is 1.71 bits per heavy atom. The van der Waals surface area contributed by atoms with Gasteiger partial charge in [0.1, 0.15) is 0 Å². The highest BCUT2D eigenvalue weighted by Gasteiger charge is 1.79. The van der Waals surface area contributed by atoms with Crippen molar-refractivity contribution >= 4 is 0 Å². The van der Waals surface area contributed by atoms with Crippen LogP contribution in [0, 0.1) is 0 Å². The molecule has 0 heterocycles. The summed E-state index contributed by atoms with van der Waals surface area (Å²) in [5.41, 5.74) is 0. The Bertz CT molecular complexity index is 60.0. The Kier molecular flexibility index (Phi) is 3.22. The van der Waals surface area contributed by atoms with Gasteiger partial charge in [-0.3, -0.25) is 0 Å². The van der Waals surface area contributed by atoms with Crippen molar-refractivity contribution in [1.29, 1.82) is 0 Å². The van der Waals surface area contributed by atoms with E-state index in [0.717, 1.165) is 0 Å². The third-order valence-corrected chi connectivity index (χ3v) is 0.528. The van der Waals surface area contributed by atoms with E-state index in [0.29, 0.717) is 6.54 Å². The Labute approximate surface area is 43.0 Å². The van der Waals surface area contributed by atoms with E-state index in [1.807, 2.05) is 6.92 Å². The topological polar surface area (TPSA) is 54.0 Å². The molecule has 0 aliphatic heterocycles. The van der Waals surface area contributed by atoms with E-state index in [1.165, 1.54) is 5.12 Å². The highest BCUT2D eigenvalue weighted by molar-refractivity contribution is 4.22. The first-order valence-electron chi connectivity index (χ1n) is 2.13. The number of nitrogens with zero attached hydrogens (tertiary/aromatic N) is 3. The molecule has 0 spiro atoms. The molecular weight excluding hydrogens is 92.1 g/mol. The molecular formula is C3H10N4. The summed E-state index contributed by atoms with van der Waals surface area (Å²) >= 11 is 0. The molecule has 0 aromatic carbocycles. The number of hydrogen-bond acceptors (Lipinski definition) is 3. The zero-order valence-corrected chi connectivity index (χ0v) is 4.63. The molecule has 0 aromatic rings. The van der Waals surface area contributed by atoms with Gasteiger partial charge in [0.05, 0.1) is 13.6 Å². The van der Waals surface area contributed by atoms with Gasteiger partial charge in [0.15, 0.2) is 0 Å². The lowest BCUT2D eigenvalue weighted by molar-refractivity contribution is 0.293. The third-order valence-electron chi connectivity index (χ3n) is 0.528. The lowest BCUT2D eigenvalue weighted by Gasteiger charge is -2.03. The Hall–Kier alpha value is -0.640. The molecule has 4 heteroatoms. The van der Waals surface area contributed by atoms with Crippen LogP contribution in [-0.4, -0.2) is 18.7 Å². The third kappa shape index (κ3) is 3.18.